The molecule has 7 nitrogen and oxygen atoms in total. The van der Waals surface area contributed by atoms with Gasteiger partial charge in [0.15, 0.2) is 0 Å². The van der Waals surface area contributed by atoms with Crippen molar-refractivity contribution < 1.29 is 14.4 Å². The number of para-hydroxylation sites is 2. The van der Waals surface area contributed by atoms with Gasteiger partial charge in [0, 0.05) is 37.2 Å². The molecule has 28 heavy (non-hydrogen) atoms. The molecule has 1 saturated heterocycles. The smallest absolute Gasteiger partial charge is 0.251 e. The van der Waals surface area contributed by atoms with E-state index in [1.165, 1.54) is 4.90 Å². The first-order valence-electron chi connectivity index (χ1n) is 9.27. The fourth-order valence-electron chi connectivity index (χ4n) is 3.35. The molecule has 0 unspecified atom stereocenters. The highest BCUT2D eigenvalue weighted by Crippen LogP contribution is 2.18. The molecule has 2 heterocycles. The zero-order valence-electron chi connectivity index (χ0n) is 15.3. The van der Waals surface area contributed by atoms with Crippen molar-refractivity contribution in [1.82, 2.24) is 19.8 Å². The van der Waals surface area contributed by atoms with Crippen molar-refractivity contribution in [3.8, 4) is 5.69 Å². The third-order valence-electron chi connectivity index (χ3n) is 4.86. The summed E-state index contributed by atoms with van der Waals surface area (Å²) in [5.41, 5.74) is 3.41. The predicted molar refractivity (Wildman–Crippen MR) is 104 cm³/mol. The number of imide groups is 1. The monoisotopic (exact) mass is 376 g/mol. The van der Waals surface area contributed by atoms with Crippen LogP contribution >= 0.6 is 0 Å². The van der Waals surface area contributed by atoms with Crippen molar-refractivity contribution in [1.29, 1.82) is 0 Å². The van der Waals surface area contributed by atoms with Gasteiger partial charge in [0.05, 0.1) is 11.0 Å². The number of nitrogens with zero attached hydrogens (tertiary/aromatic N) is 3. The number of hydrogen-bond donors (Lipinski definition) is 1. The number of rotatable bonds is 6. The van der Waals surface area contributed by atoms with Crippen molar-refractivity contribution in [2.75, 3.05) is 13.1 Å². The van der Waals surface area contributed by atoms with Crippen molar-refractivity contribution >= 4 is 28.8 Å². The minimum atomic E-state index is -0.180. The lowest BCUT2D eigenvalue weighted by molar-refractivity contribution is -0.138. The van der Waals surface area contributed by atoms with Crippen LogP contribution in [-0.2, 0) is 9.59 Å². The van der Waals surface area contributed by atoms with Gasteiger partial charge in [0.2, 0.25) is 11.8 Å². The molecular formula is C21H20N4O3. The Morgan fingerprint density at radius 3 is 2.46 bits per heavy atom. The summed E-state index contributed by atoms with van der Waals surface area (Å²) < 4.78 is 1.97. The molecule has 4 rings (SSSR count). The van der Waals surface area contributed by atoms with Gasteiger partial charge in [-0.3, -0.25) is 23.9 Å². The summed E-state index contributed by atoms with van der Waals surface area (Å²) in [6.07, 6.45) is 2.90. The van der Waals surface area contributed by atoms with Gasteiger partial charge in [-0.25, -0.2) is 4.98 Å². The normalized spacial score (nSPS) is 14.1. The number of carbonyl (C=O) groups is 3. The van der Waals surface area contributed by atoms with Crippen LogP contribution in [-0.4, -0.2) is 45.3 Å². The number of carbonyl (C=O) groups excluding carboxylic acids is 3. The Morgan fingerprint density at radius 2 is 1.71 bits per heavy atom. The number of fused-ring (bicyclic) bond motifs is 1. The van der Waals surface area contributed by atoms with Gasteiger partial charge >= 0.3 is 0 Å². The number of benzene rings is 2. The van der Waals surface area contributed by atoms with E-state index in [1.54, 1.807) is 18.5 Å². The standard InChI is InChI=1S/C21H20N4O3/c26-19-10-11-20(27)24(19)13-3-12-22-21(28)15-6-8-16(9-7-15)25-14-23-17-4-1-2-5-18(17)25/h1-2,4-9,14H,3,10-13H2,(H,22,28). The number of likely N-dealkylation sites (tertiary alicyclic amines) is 1. The topological polar surface area (TPSA) is 84.3 Å². The van der Waals surface area contributed by atoms with Crippen molar-refractivity contribution in [2.24, 2.45) is 0 Å². The molecule has 142 valence electrons. The molecule has 7 heteroatoms. The Bertz CT molecular complexity index is 1020. The van der Waals surface area contributed by atoms with Crippen LogP contribution in [0.2, 0.25) is 0 Å². The van der Waals surface area contributed by atoms with Gasteiger partial charge in [-0.05, 0) is 42.8 Å². The molecule has 1 fully saturated rings. The SMILES string of the molecule is O=C(NCCCN1C(=O)CCC1=O)c1ccc(-n2cnc3ccccc32)cc1. The van der Waals surface area contributed by atoms with Crippen molar-refractivity contribution in [3.63, 3.8) is 0 Å². The molecule has 3 aromatic rings. The zero-order valence-corrected chi connectivity index (χ0v) is 15.3. The summed E-state index contributed by atoms with van der Waals surface area (Å²) in [4.78, 5) is 41.1. The average Bonchev–Trinajstić information content (AvgIpc) is 3.29. The highest BCUT2D eigenvalue weighted by Gasteiger charge is 2.27. The average molecular weight is 376 g/mol. The molecule has 1 aliphatic heterocycles. The number of aromatic nitrogens is 2. The van der Waals surface area contributed by atoms with E-state index in [-0.39, 0.29) is 17.7 Å². The Balaban J connectivity index is 1.34. The maximum Gasteiger partial charge on any atom is 0.251 e. The lowest BCUT2D eigenvalue weighted by atomic mass is 10.2. The highest BCUT2D eigenvalue weighted by molar-refractivity contribution is 6.01. The number of nitrogens with one attached hydrogen (secondary N) is 1. The number of amides is 3. The van der Waals surface area contributed by atoms with Gasteiger partial charge < -0.3 is 5.32 Å². The van der Waals surface area contributed by atoms with E-state index < -0.39 is 0 Å². The summed E-state index contributed by atoms with van der Waals surface area (Å²) in [5.74, 6) is -0.431. The minimum Gasteiger partial charge on any atom is -0.352 e. The van der Waals surface area contributed by atoms with Gasteiger partial charge in [0.25, 0.3) is 5.91 Å². The Hall–Kier alpha value is -3.48. The molecular weight excluding hydrogens is 356 g/mol. The number of hydrogen-bond acceptors (Lipinski definition) is 4. The van der Waals surface area contributed by atoms with E-state index in [2.05, 4.69) is 10.3 Å². The predicted octanol–water partition coefficient (Wildman–Crippen LogP) is 2.29. The zero-order chi connectivity index (χ0) is 19.5. The molecule has 0 bridgehead atoms. The fourth-order valence-corrected chi connectivity index (χ4v) is 3.35. The van der Waals surface area contributed by atoms with Crippen LogP contribution in [0.4, 0.5) is 0 Å². The second-order valence-corrected chi connectivity index (χ2v) is 6.70. The van der Waals surface area contributed by atoms with Gasteiger partial charge in [-0.2, -0.15) is 0 Å². The third-order valence-corrected chi connectivity index (χ3v) is 4.86. The molecule has 0 spiro atoms. The molecule has 0 radical (unpaired) electrons. The Kier molecular flexibility index (Phi) is 4.89. The molecule has 1 N–H and O–H groups in total. The summed E-state index contributed by atoms with van der Waals surface area (Å²) in [5, 5.41) is 2.83. The lowest BCUT2D eigenvalue weighted by Gasteiger charge is -2.13. The van der Waals surface area contributed by atoms with E-state index >= 15 is 0 Å². The lowest BCUT2D eigenvalue weighted by Crippen LogP contribution is -2.33. The molecule has 2 aromatic carbocycles. The van der Waals surface area contributed by atoms with Crippen LogP contribution in [0.25, 0.3) is 16.7 Å². The molecule has 0 aliphatic carbocycles. The third kappa shape index (κ3) is 3.51. The van der Waals surface area contributed by atoms with Gasteiger partial charge in [-0.15, -0.1) is 0 Å². The minimum absolute atomic E-state index is 0.126. The van der Waals surface area contributed by atoms with Gasteiger partial charge in [0.1, 0.15) is 6.33 Å². The molecule has 1 aromatic heterocycles. The van der Waals surface area contributed by atoms with E-state index in [0.29, 0.717) is 37.9 Å². The second-order valence-electron chi connectivity index (χ2n) is 6.70. The molecule has 1 aliphatic rings. The summed E-state index contributed by atoms with van der Waals surface area (Å²) in [7, 11) is 0. The first kappa shape index (κ1) is 17.9. The van der Waals surface area contributed by atoms with Crippen LogP contribution in [0, 0.1) is 0 Å². The number of imidazole rings is 1. The molecule has 0 saturated carbocycles. The Labute approximate surface area is 162 Å². The summed E-state index contributed by atoms with van der Waals surface area (Å²) in [6.45, 7) is 0.758. The maximum atomic E-state index is 12.3. The van der Waals surface area contributed by atoms with Crippen LogP contribution < -0.4 is 5.32 Å². The van der Waals surface area contributed by atoms with E-state index in [4.69, 9.17) is 0 Å². The molecule has 0 atom stereocenters. The maximum absolute atomic E-state index is 12.3. The summed E-state index contributed by atoms with van der Waals surface area (Å²) >= 11 is 0. The fraction of sp³-hybridized carbons (Fsp3) is 0.238. The van der Waals surface area contributed by atoms with E-state index in [9.17, 15) is 14.4 Å². The summed E-state index contributed by atoms with van der Waals surface area (Å²) in [6, 6.07) is 15.2. The first-order valence-corrected chi connectivity index (χ1v) is 9.27. The first-order chi connectivity index (χ1) is 13.6. The molecule has 3 amide bonds. The highest BCUT2D eigenvalue weighted by atomic mass is 16.2. The van der Waals surface area contributed by atoms with Crippen LogP contribution in [0.15, 0.2) is 54.9 Å². The quantitative estimate of drug-likeness (QED) is 0.528. The van der Waals surface area contributed by atoms with Crippen LogP contribution in [0.3, 0.4) is 0 Å². The largest absolute Gasteiger partial charge is 0.352 e. The van der Waals surface area contributed by atoms with Crippen LogP contribution in [0.1, 0.15) is 29.6 Å². The second kappa shape index (κ2) is 7.64. The van der Waals surface area contributed by atoms with E-state index in [0.717, 1.165) is 16.7 Å². The van der Waals surface area contributed by atoms with Crippen molar-refractivity contribution in [3.05, 3.63) is 60.4 Å². The van der Waals surface area contributed by atoms with Crippen LogP contribution in [0.5, 0.6) is 0 Å². The van der Waals surface area contributed by atoms with E-state index in [1.807, 2.05) is 41.0 Å². The van der Waals surface area contributed by atoms with Gasteiger partial charge in [-0.1, -0.05) is 12.1 Å². The van der Waals surface area contributed by atoms with Crippen molar-refractivity contribution in [2.45, 2.75) is 19.3 Å². The Morgan fingerprint density at radius 1 is 1.00 bits per heavy atom.